The number of nitrogens with zero attached hydrogens (tertiary/aromatic N) is 2. The Morgan fingerprint density at radius 3 is 2.81 bits per heavy atom. The smallest absolute Gasteiger partial charge is 0.334 e. The lowest BCUT2D eigenvalue weighted by Crippen LogP contribution is -2.56. The number of ether oxygens (including phenoxy) is 2. The number of carbonyl (C=O) groups is 2. The van der Waals surface area contributed by atoms with E-state index in [9.17, 15) is 9.59 Å². The van der Waals surface area contributed by atoms with Gasteiger partial charge in [-0.2, -0.15) is 0 Å². The SMILES string of the molecule is CCCCOC(=O)[C@@]1(NC(=O)c2cncnc2)CCOC1. The van der Waals surface area contributed by atoms with E-state index in [0.717, 1.165) is 12.8 Å². The average molecular weight is 293 g/mol. The van der Waals surface area contributed by atoms with E-state index < -0.39 is 17.4 Å². The van der Waals surface area contributed by atoms with Crippen molar-refractivity contribution in [2.75, 3.05) is 19.8 Å². The largest absolute Gasteiger partial charge is 0.464 e. The first-order valence-corrected chi connectivity index (χ1v) is 7.00. The summed E-state index contributed by atoms with van der Waals surface area (Å²) in [5.41, 5.74) is -0.814. The molecule has 0 aromatic carbocycles. The Labute approximate surface area is 123 Å². The molecule has 1 aliphatic rings. The average Bonchev–Trinajstić information content (AvgIpc) is 2.98. The number of rotatable bonds is 6. The summed E-state index contributed by atoms with van der Waals surface area (Å²) >= 11 is 0. The molecule has 114 valence electrons. The molecule has 2 heterocycles. The molecule has 1 amide bonds. The fourth-order valence-electron chi connectivity index (χ4n) is 2.03. The molecule has 1 aromatic rings. The van der Waals surface area contributed by atoms with Crippen molar-refractivity contribution in [3.8, 4) is 0 Å². The molecule has 0 spiro atoms. The normalized spacial score (nSPS) is 21.0. The lowest BCUT2D eigenvalue weighted by Gasteiger charge is -2.26. The molecule has 0 saturated carbocycles. The highest BCUT2D eigenvalue weighted by atomic mass is 16.5. The molecule has 1 fully saturated rings. The molecule has 1 N–H and O–H groups in total. The summed E-state index contributed by atoms with van der Waals surface area (Å²) in [5.74, 6) is -0.854. The Kier molecular flexibility index (Phi) is 5.21. The van der Waals surface area contributed by atoms with E-state index in [-0.39, 0.29) is 6.61 Å². The van der Waals surface area contributed by atoms with Crippen molar-refractivity contribution in [1.82, 2.24) is 15.3 Å². The number of amides is 1. The highest BCUT2D eigenvalue weighted by Gasteiger charge is 2.45. The van der Waals surface area contributed by atoms with Gasteiger partial charge in [-0.05, 0) is 6.42 Å². The summed E-state index contributed by atoms with van der Waals surface area (Å²) in [6.07, 6.45) is 6.26. The predicted molar refractivity (Wildman–Crippen MR) is 73.5 cm³/mol. The van der Waals surface area contributed by atoms with Gasteiger partial charge in [-0.1, -0.05) is 13.3 Å². The van der Waals surface area contributed by atoms with Gasteiger partial charge in [0.25, 0.3) is 5.91 Å². The van der Waals surface area contributed by atoms with Crippen LogP contribution in [-0.2, 0) is 14.3 Å². The Balaban J connectivity index is 2.04. The fourth-order valence-corrected chi connectivity index (χ4v) is 2.03. The third-order valence-corrected chi connectivity index (χ3v) is 3.32. The van der Waals surface area contributed by atoms with Gasteiger partial charge < -0.3 is 14.8 Å². The number of carbonyl (C=O) groups excluding carboxylic acids is 2. The van der Waals surface area contributed by atoms with E-state index in [1.54, 1.807) is 0 Å². The van der Waals surface area contributed by atoms with Crippen molar-refractivity contribution in [2.45, 2.75) is 31.7 Å². The first-order chi connectivity index (χ1) is 10.2. The highest BCUT2D eigenvalue weighted by Crippen LogP contribution is 2.21. The highest BCUT2D eigenvalue weighted by molar-refractivity contribution is 5.97. The van der Waals surface area contributed by atoms with Crippen molar-refractivity contribution in [1.29, 1.82) is 0 Å². The number of unbranched alkanes of at least 4 members (excludes halogenated alkanes) is 1. The van der Waals surface area contributed by atoms with Crippen molar-refractivity contribution in [3.63, 3.8) is 0 Å². The van der Waals surface area contributed by atoms with Gasteiger partial charge in [0.05, 0.1) is 18.8 Å². The van der Waals surface area contributed by atoms with Crippen molar-refractivity contribution >= 4 is 11.9 Å². The fraction of sp³-hybridized carbons (Fsp3) is 0.571. The maximum atomic E-state index is 12.3. The van der Waals surface area contributed by atoms with Crippen LogP contribution in [0.25, 0.3) is 0 Å². The first kappa shape index (κ1) is 15.4. The summed E-state index contributed by atoms with van der Waals surface area (Å²) < 4.78 is 10.5. The molecule has 0 aliphatic carbocycles. The Hall–Kier alpha value is -2.02. The van der Waals surface area contributed by atoms with Gasteiger partial charge >= 0.3 is 5.97 Å². The number of nitrogens with one attached hydrogen (secondary N) is 1. The van der Waals surface area contributed by atoms with E-state index >= 15 is 0 Å². The summed E-state index contributed by atoms with van der Waals surface area (Å²) in [6, 6.07) is 0. The molecule has 7 heteroatoms. The summed E-state index contributed by atoms with van der Waals surface area (Å²) in [7, 11) is 0. The minimum absolute atomic E-state index is 0.122. The van der Waals surface area contributed by atoms with Crippen molar-refractivity contribution in [3.05, 3.63) is 24.3 Å². The van der Waals surface area contributed by atoms with Gasteiger partial charge in [0.1, 0.15) is 6.33 Å². The molecule has 7 nitrogen and oxygen atoms in total. The molecular formula is C14H19N3O4. The van der Waals surface area contributed by atoms with Gasteiger partial charge in [0.2, 0.25) is 0 Å². The summed E-state index contributed by atoms with van der Waals surface area (Å²) in [6.45, 7) is 2.90. The van der Waals surface area contributed by atoms with E-state index in [4.69, 9.17) is 9.47 Å². The second kappa shape index (κ2) is 7.12. The van der Waals surface area contributed by atoms with E-state index in [2.05, 4.69) is 15.3 Å². The Morgan fingerprint density at radius 1 is 1.43 bits per heavy atom. The van der Waals surface area contributed by atoms with Gasteiger partial charge in [-0.3, -0.25) is 4.79 Å². The second-order valence-electron chi connectivity index (χ2n) is 4.96. The number of hydrogen-bond acceptors (Lipinski definition) is 6. The minimum atomic E-state index is -1.11. The Morgan fingerprint density at radius 2 is 2.19 bits per heavy atom. The molecule has 1 atom stereocenters. The van der Waals surface area contributed by atoms with E-state index in [0.29, 0.717) is 25.2 Å². The van der Waals surface area contributed by atoms with Gasteiger partial charge in [-0.25, -0.2) is 14.8 Å². The van der Waals surface area contributed by atoms with Crippen LogP contribution in [0.2, 0.25) is 0 Å². The third kappa shape index (κ3) is 3.75. The van der Waals surface area contributed by atoms with Crippen LogP contribution in [0.4, 0.5) is 0 Å². The summed E-state index contributed by atoms with van der Waals surface area (Å²) in [5, 5.41) is 2.72. The number of esters is 1. The van der Waals surface area contributed by atoms with Crippen LogP contribution in [0.15, 0.2) is 18.7 Å². The molecular weight excluding hydrogens is 274 g/mol. The monoisotopic (exact) mass is 293 g/mol. The lowest BCUT2D eigenvalue weighted by molar-refractivity contribution is -0.151. The van der Waals surface area contributed by atoms with E-state index in [1.165, 1.54) is 18.7 Å². The summed E-state index contributed by atoms with van der Waals surface area (Å²) in [4.78, 5) is 32.0. The number of aromatic nitrogens is 2. The van der Waals surface area contributed by atoms with Crippen molar-refractivity contribution in [2.24, 2.45) is 0 Å². The second-order valence-corrected chi connectivity index (χ2v) is 4.96. The zero-order valence-electron chi connectivity index (χ0n) is 12.0. The van der Waals surface area contributed by atoms with Gasteiger partial charge in [-0.15, -0.1) is 0 Å². The topological polar surface area (TPSA) is 90.4 Å². The molecule has 1 saturated heterocycles. The maximum Gasteiger partial charge on any atom is 0.334 e. The maximum absolute atomic E-state index is 12.3. The molecule has 0 bridgehead atoms. The van der Waals surface area contributed by atoms with Crippen LogP contribution < -0.4 is 5.32 Å². The lowest BCUT2D eigenvalue weighted by atomic mass is 9.98. The van der Waals surface area contributed by atoms with Gasteiger partial charge in [0.15, 0.2) is 5.54 Å². The standard InChI is InChI=1S/C14H19N3O4/c1-2-3-5-21-13(19)14(4-6-20-9-14)17-12(18)11-7-15-10-16-8-11/h7-8,10H,2-6,9H2,1H3,(H,17,18)/t14-/m1/s1. The molecule has 1 aromatic heterocycles. The predicted octanol–water partition coefficient (Wildman–Crippen LogP) is 0.709. The Bertz CT molecular complexity index is 486. The van der Waals surface area contributed by atoms with Crippen LogP contribution in [0, 0.1) is 0 Å². The zero-order chi connectivity index (χ0) is 15.1. The van der Waals surface area contributed by atoms with E-state index in [1.807, 2.05) is 6.92 Å². The number of hydrogen-bond donors (Lipinski definition) is 1. The third-order valence-electron chi connectivity index (χ3n) is 3.32. The molecule has 0 radical (unpaired) electrons. The van der Waals surface area contributed by atoms with Crippen LogP contribution >= 0.6 is 0 Å². The molecule has 21 heavy (non-hydrogen) atoms. The zero-order valence-corrected chi connectivity index (χ0v) is 12.0. The molecule has 1 aliphatic heterocycles. The van der Waals surface area contributed by atoms with Gasteiger partial charge in [0, 0.05) is 25.4 Å². The quantitative estimate of drug-likeness (QED) is 0.613. The van der Waals surface area contributed by atoms with Crippen molar-refractivity contribution < 1.29 is 19.1 Å². The van der Waals surface area contributed by atoms with Crippen LogP contribution in [0.1, 0.15) is 36.5 Å². The van der Waals surface area contributed by atoms with Crippen LogP contribution in [0.3, 0.4) is 0 Å². The molecule has 2 rings (SSSR count). The van der Waals surface area contributed by atoms with Crippen LogP contribution in [0.5, 0.6) is 0 Å². The first-order valence-electron chi connectivity index (χ1n) is 7.00. The van der Waals surface area contributed by atoms with Crippen LogP contribution in [-0.4, -0.2) is 47.2 Å². The minimum Gasteiger partial charge on any atom is -0.464 e. The molecule has 0 unspecified atom stereocenters.